The minimum absolute atomic E-state index is 0.0104. The highest BCUT2D eigenvalue weighted by Crippen LogP contribution is 2.44. The van der Waals surface area contributed by atoms with E-state index < -0.39 is 6.43 Å². The van der Waals surface area contributed by atoms with E-state index in [0.29, 0.717) is 36.8 Å². The summed E-state index contributed by atoms with van der Waals surface area (Å²) in [6.07, 6.45) is 9.13. The largest absolute Gasteiger partial charge is 0.341 e. The van der Waals surface area contributed by atoms with Crippen molar-refractivity contribution in [2.75, 3.05) is 25.0 Å². The van der Waals surface area contributed by atoms with Gasteiger partial charge in [-0.2, -0.15) is 10.2 Å². The Hall–Kier alpha value is -3.43. The SMILES string of the molecule is CNC(=O)N1CCc2c(c(N3CCCc4cc(-c5cnn(C)c5)c(C(F)F)cc43)nn2C2CCCCC2)C1. The Morgan fingerprint density at radius 3 is 2.63 bits per heavy atom. The van der Waals surface area contributed by atoms with Crippen LogP contribution < -0.4 is 10.2 Å². The molecule has 0 radical (unpaired) electrons. The van der Waals surface area contributed by atoms with Gasteiger partial charge < -0.3 is 15.1 Å². The number of urea groups is 1. The van der Waals surface area contributed by atoms with Gasteiger partial charge in [-0.25, -0.2) is 13.6 Å². The molecule has 2 amide bonds. The molecule has 0 bridgehead atoms. The van der Waals surface area contributed by atoms with Crippen molar-refractivity contribution >= 4 is 17.5 Å². The molecular weight excluding hydrogens is 488 g/mol. The van der Waals surface area contributed by atoms with Gasteiger partial charge in [-0.15, -0.1) is 0 Å². The predicted molar refractivity (Wildman–Crippen MR) is 142 cm³/mol. The smallest absolute Gasteiger partial charge is 0.317 e. The monoisotopic (exact) mass is 523 g/mol. The van der Waals surface area contributed by atoms with Crippen LogP contribution in [0.3, 0.4) is 0 Å². The maximum atomic E-state index is 14.4. The lowest BCUT2D eigenvalue weighted by Crippen LogP contribution is -2.42. The van der Waals surface area contributed by atoms with E-state index >= 15 is 0 Å². The number of halogens is 2. The van der Waals surface area contributed by atoms with Crippen LogP contribution in [-0.2, 0) is 26.4 Å². The van der Waals surface area contributed by atoms with Crippen molar-refractivity contribution in [1.29, 1.82) is 0 Å². The second-order valence-corrected chi connectivity index (χ2v) is 10.7. The number of hydrogen-bond donors (Lipinski definition) is 1. The second-order valence-electron chi connectivity index (χ2n) is 10.7. The number of rotatable bonds is 4. The van der Waals surface area contributed by atoms with E-state index in [1.165, 1.54) is 25.0 Å². The van der Waals surface area contributed by atoms with Gasteiger partial charge in [0.15, 0.2) is 5.82 Å². The van der Waals surface area contributed by atoms with Crippen LogP contribution >= 0.6 is 0 Å². The van der Waals surface area contributed by atoms with Crippen molar-refractivity contribution < 1.29 is 13.6 Å². The molecule has 3 aliphatic rings. The summed E-state index contributed by atoms with van der Waals surface area (Å²) in [6, 6.07) is 3.83. The van der Waals surface area contributed by atoms with Crippen LogP contribution in [0.2, 0.25) is 0 Å². The van der Waals surface area contributed by atoms with E-state index in [-0.39, 0.29) is 11.6 Å². The highest BCUT2D eigenvalue weighted by Gasteiger charge is 2.34. The van der Waals surface area contributed by atoms with E-state index in [1.807, 2.05) is 11.0 Å². The third kappa shape index (κ3) is 4.33. The Morgan fingerprint density at radius 1 is 1.11 bits per heavy atom. The van der Waals surface area contributed by atoms with E-state index in [2.05, 4.69) is 20.0 Å². The quantitative estimate of drug-likeness (QED) is 0.490. The molecule has 0 saturated heterocycles. The topological polar surface area (TPSA) is 71.2 Å². The summed E-state index contributed by atoms with van der Waals surface area (Å²) in [5, 5.41) is 12.2. The van der Waals surface area contributed by atoms with Crippen LogP contribution in [-0.4, -0.2) is 50.6 Å². The average Bonchev–Trinajstić information content (AvgIpc) is 3.55. The van der Waals surface area contributed by atoms with Crippen molar-refractivity contribution in [2.45, 2.75) is 70.4 Å². The number of nitrogens with one attached hydrogen (secondary N) is 1. The first-order valence-electron chi connectivity index (χ1n) is 13.7. The number of aryl methyl sites for hydroxylation is 2. The summed E-state index contributed by atoms with van der Waals surface area (Å²) in [4.78, 5) is 16.5. The van der Waals surface area contributed by atoms with Crippen LogP contribution in [0.1, 0.15) is 73.4 Å². The molecule has 8 nitrogen and oxygen atoms in total. The van der Waals surface area contributed by atoms with E-state index in [9.17, 15) is 13.6 Å². The summed E-state index contributed by atoms with van der Waals surface area (Å²) >= 11 is 0. The lowest BCUT2D eigenvalue weighted by atomic mass is 9.92. The van der Waals surface area contributed by atoms with Crippen LogP contribution in [0.5, 0.6) is 0 Å². The van der Waals surface area contributed by atoms with Gasteiger partial charge in [0.1, 0.15) is 0 Å². The third-order valence-corrected chi connectivity index (χ3v) is 8.36. The molecule has 1 aliphatic carbocycles. The van der Waals surface area contributed by atoms with Crippen molar-refractivity contribution in [3.05, 3.63) is 46.9 Å². The number of anilines is 2. The number of carbonyl (C=O) groups is 1. The van der Waals surface area contributed by atoms with E-state index in [0.717, 1.165) is 54.7 Å². The highest BCUT2D eigenvalue weighted by molar-refractivity contribution is 5.78. The Kier molecular flexibility index (Phi) is 6.57. The second kappa shape index (κ2) is 10.0. The molecule has 38 heavy (non-hydrogen) atoms. The number of fused-ring (bicyclic) bond motifs is 2. The number of benzene rings is 1. The van der Waals surface area contributed by atoms with Crippen LogP contribution in [0.4, 0.5) is 25.1 Å². The fourth-order valence-electron chi connectivity index (χ4n) is 6.46. The molecule has 0 atom stereocenters. The lowest BCUT2D eigenvalue weighted by Gasteiger charge is -2.33. The Bertz CT molecular complexity index is 1340. The molecule has 1 aromatic carbocycles. The maximum absolute atomic E-state index is 14.4. The first kappa shape index (κ1) is 24.9. The fraction of sp³-hybridized carbons (Fsp3) is 0.536. The molecule has 1 fully saturated rings. The van der Waals surface area contributed by atoms with Gasteiger partial charge in [0.05, 0.1) is 18.8 Å². The molecule has 202 valence electrons. The van der Waals surface area contributed by atoms with Gasteiger partial charge in [-0.05, 0) is 48.9 Å². The van der Waals surface area contributed by atoms with Crippen LogP contribution in [0.25, 0.3) is 11.1 Å². The zero-order valence-electron chi connectivity index (χ0n) is 22.1. The number of carbonyl (C=O) groups excluding carboxylic acids is 1. The molecule has 10 heteroatoms. The molecule has 0 spiro atoms. The van der Waals surface area contributed by atoms with Crippen molar-refractivity contribution in [3.63, 3.8) is 0 Å². The average molecular weight is 524 g/mol. The number of amides is 2. The Morgan fingerprint density at radius 2 is 1.92 bits per heavy atom. The number of hydrogen-bond acceptors (Lipinski definition) is 4. The molecule has 2 aliphatic heterocycles. The van der Waals surface area contributed by atoms with Crippen molar-refractivity contribution in [1.82, 2.24) is 29.8 Å². The number of alkyl halides is 2. The summed E-state index contributed by atoms with van der Waals surface area (Å²) in [5.41, 5.74) is 5.33. The molecular formula is C28H35F2N7O. The number of nitrogens with zero attached hydrogens (tertiary/aromatic N) is 6. The van der Waals surface area contributed by atoms with Crippen molar-refractivity contribution in [2.24, 2.45) is 7.05 Å². The zero-order valence-corrected chi connectivity index (χ0v) is 22.1. The minimum atomic E-state index is -2.61. The number of aromatic nitrogens is 4. The minimum Gasteiger partial charge on any atom is -0.341 e. The predicted octanol–water partition coefficient (Wildman–Crippen LogP) is 5.51. The Balaban J connectivity index is 1.46. The molecule has 1 N–H and O–H groups in total. The molecule has 1 saturated carbocycles. The van der Waals surface area contributed by atoms with E-state index in [1.54, 1.807) is 37.2 Å². The van der Waals surface area contributed by atoms with Gasteiger partial charge in [-0.1, -0.05) is 19.3 Å². The lowest BCUT2D eigenvalue weighted by molar-refractivity contribution is 0.152. The van der Waals surface area contributed by atoms with Gasteiger partial charge in [0, 0.05) is 67.9 Å². The van der Waals surface area contributed by atoms with Gasteiger partial charge in [0.2, 0.25) is 0 Å². The zero-order chi connectivity index (χ0) is 26.4. The fourth-order valence-corrected chi connectivity index (χ4v) is 6.46. The molecule has 6 rings (SSSR count). The Labute approximate surface area is 221 Å². The molecule has 0 unspecified atom stereocenters. The molecule has 4 heterocycles. The molecule has 3 aromatic rings. The van der Waals surface area contributed by atoms with E-state index in [4.69, 9.17) is 5.10 Å². The van der Waals surface area contributed by atoms with Gasteiger partial charge in [-0.3, -0.25) is 9.36 Å². The summed E-state index contributed by atoms with van der Waals surface area (Å²) in [6.45, 7) is 1.82. The van der Waals surface area contributed by atoms with Crippen LogP contribution in [0, 0.1) is 0 Å². The van der Waals surface area contributed by atoms with Gasteiger partial charge in [0.25, 0.3) is 6.43 Å². The third-order valence-electron chi connectivity index (χ3n) is 8.36. The molecule has 2 aromatic heterocycles. The van der Waals surface area contributed by atoms with Crippen LogP contribution in [0.15, 0.2) is 24.5 Å². The summed E-state index contributed by atoms with van der Waals surface area (Å²) in [7, 11) is 3.44. The highest BCUT2D eigenvalue weighted by atomic mass is 19.3. The van der Waals surface area contributed by atoms with Gasteiger partial charge >= 0.3 is 6.03 Å². The van der Waals surface area contributed by atoms with Crippen molar-refractivity contribution in [3.8, 4) is 11.1 Å². The first-order chi connectivity index (χ1) is 18.4. The standard InChI is InChI=1S/C28H35F2N7O/c1-31-28(38)35-12-10-24-23(17-35)27(33-37(24)20-8-4-3-5-9-20)36-11-6-7-18-13-21(19-15-32-34(2)16-19)22(26(29)30)14-25(18)36/h13-16,20,26H,3-12,17H2,1-2H3,(H,31,38). The summed E-state index contributed by atoms with van der Waals surface area (Å²) < 4.78 is 32.7. The first-order valence-corrected chi connectivity index (χ1v) is 13.7. The normalized spacial score (nSPS) is 18.0. The maximum Gasteiger partial charge on any atom is 0.317 e. The summed E-state index contributed by atoms with van der Waals surface area (Å²) in [5.74, 6) is 0.814.